The van der Waals surface area contributed by atoms with Gasteiger partial charge in [0, 0.05) is 22.9 Å². The number of rotatable bonds is 6. The van der Waals surface area contributed by atoms with E-state index in [1.165, 1.54) is 11.8 Å². The number of halogens is 4. The van der Waals surface area contributed by atoms with Gasteiger partial charge in [-0.15, -0.1) is 11.8 Å². The molecule has 1 aliphatic rings. The average Bonchev–Trinajstić information content (AvgIpc) is 2.46. The molecular formula is C14H14ClF3N2O3S. The highest BCUT2D eigenvalue weighted by molar-refractivity contribution is 8.01. The van der Waals surface area contributed by atoms with Crippen molar-refractivity contribution in [1.82, 2.24) is 5.32 Å². The third kappa shape index (κ3) is 5.88. The molecule has 1 aromatic rings. The van der Waals surface area contributed by atoms with Crippen LogP contribution in [-0.4, -0.2) is 43.0 Å². The summed E-state index contributed by atoms with van der Waals surface area (Å²) in [6.07, 6.45) is -4.48. The highest BCUT2D eigenvalue weighted by Crippen LogP contribution is 2.38. The van der Waals surface area contributed by atoms with Gasteiger partial charge in [0.1, 0.15) is 6.61 Å². The zero-order valence-corrected chi connectivity index (χ0v) is 13.9. The summed E-state index contributed by atoms with van der Waals surface area (Å²) in [6.45, 7) is -1.67. The van der Waals surface area contributed by atoms with Gasteiger partial charge in [-0.2, -0.15) is 13.2 Å². The molecule has 2 amide bonds. The van der Waals surface area contributed by atoms with Crippen molar-refractivity contribution in [2.45, 2.75) is 22.7 Å². The maximum atomic E-state index is 12.0. The van der Waals surface area contributed by atoms with Crippen molar-refractivity contribution in [3.8, 4) is 0 Å². The first-order chi connectivity index (χ1) is 11.2. The molecule has 0 saturated heterocycles. The van der Waals surface area contributed by atoms with Crippen LogP contribution in [0.25, 0.3) is 0 Å². The second-order valence-corrected chi connectivity index (χ2v) is 6.64. The van der Waals surface area contributed by atoms with E-state index >= 15 is 0 Å². The zero-order chi connectivity index (χ0) is 17.7. The molecule has 0 spiro atoms. The van der Waals surface area contributed by atoms with Gasteiger partial charge in [0.2, 0.25) is 11.8 Å². The Balaban J connectivity index is 1.76. The van der Waals surface area contributed by atoms with E-state index in [-0.39, 0.29) is 25.5 Å². The minimum Gasteiger partial charge on any atom is -0.370 e. The first-order valence-electron chi connectivity index (χ1n) is 6.93. The second kappa shape index (κ2) is 8.09. The van der Waals surface area contributed by atoms with E-state index in [9.17, 15) is 22.8 Å². The molecule has 0 fully saturated rings. The molecule has 24 heavy (non-hydrogen) atoms. The SMILES string of the molecule is O=C(CC1Sc2ccc(Cl)cc2NC1=O)NCCOCC(F)(F)F. The summed E-state index contributed by atoms with van der Waals surface area (Å²) >= 11 is 7.09. The molecule has 0 aliphatic carbocycles. The van der Waals surface area contributed by atoms with Crippen LogP contribution in [0.15, 0.2) is 23.1 Å². The Morgan fingerprint density at radius 3 is 2.88 bits per heavy atom. The van der Waals surface area contributed by atoms with Gasteiger partial charge >= 0.3 is 6.18 Å². The fraction of sp³-hybridized carbons (Fsp3) is 0.429. The Labute approximate surface area is 145 Å². The number of thioether (sulfide) groups is 1. The number of nitrogens with one attached hydrogen (secondary N) is 2. The van der Waals surface area contributed by atoms with Gasteiger partial charge in [-0.25, -0.2) is 0 Å². The molecule has 0 aromatic heterocycles. The first-order valence-corrected chi connectivity index (χ1v) is 8.18. The number of fused-ring (bicyclic) bond motifs is 1. The second-order valence-electron chi connectivity index (χ2n) is 4.96. The van der Waals surface area contributed by atoms with E-state index in [1.54, 1.807) is 18.2 Å². The molecular weight excluding hydrogens is 369 g/mol. The summed E-state index contributed by atoms with van der Waals surface area (Å²) in [6, 6.07) is 5.05. The molecule has 1 atom stereocenters. The molecule has 0 bridgehead atoms. The number of benzene rings is 1. The smallest absolute Gasteiger partial charge is 0.370 e. The number of anilines is 1. The predicted octanol–water partition coefficient (Wildman–Crippen LogP) is 2.84. The van der Waals surface area contributed by atoms with Gasteiger partial charge in [0.15, 0.2) is 0 Å². The number of carbonyl (C=O) groups is 2. The number of ether oxygens (including phenoxy) is 1. The molecule has 1 aromatic carbocycles. The Morgan fingerprint density at radius 2 is 2.17 bits per heavy atom. The highest BCUT2D eigenvalue weighted by Gasteiger charge is 2.29. The largest absolute Gasteiger partial charge is 0.411 e. The standard InChI is InChI=1S/C14H14ClF3N2O3S/c15-8-1-2-10-9(5-8)20-13(22)11(24-10)6-12(21)19-3-4-23-7-14(16,17)18/h1-2,5,11H,3-4,6-7H2,(H,19,21)(H,20,22). The number of hydrogen-bond acceptors (Lipinski definition) is 4. The summed E-state index contributed by atoms with van der Waals surface area (Å²) in [5.74, 6) is -0.756. The lowest BCUT2D eigenvalue weighted by Gasteiger charge is -2.23. The van der Waals surface area contributed by atoms with Crippen molar-refractivity contribution in [3.63, 3.8) is 0 Å². The summed E-state index contributed by atoms with van der Waals surface area (Å²) < 4.78 is 40.0. The monoisotopic (exact) mass is 382 g/mol. The van der Waals surface area contributed by atoms with Crippen molar-refractivity contribution in [3.05, 3.63) is 23.2 Å². The molecule has 1 heterocycles. The molecule has 2 rings (SSSR count). The number of alkyl halides is 3. The molecule has 0 saturated carbocycles. The van der Waals surface area contributed by atoms with Gasteiger partial charge in [-0.05, 0) is 18.2 Å². The van der Waals surface area contributed by atoms with Crippen LogP contribution >= 0.6 is 23.4 Å². The van der Waals surface area contributed by atoms with E-state index in [0.29, 0.717) is 10.7 Å². The minimum absolute atomic E-state index is 0.0554. The molecule has 0 radical (unpaired) electrons. The maximum absolute atomic E-state index is 12.0. The zero-order valence-electron chi connectivity index (χ0n) is 12.3. The topological polar surface area (TPSA) is 67.4 Å². The fourth-order valence-electron chi connectivity index (χ4n) is 1.95. The molecule has 5 nitrogen and oxygen atoms in total. The van der Waals surface area contributed by atoms with E-state index in [0.717, 1.165) is 4.90 Å². The average molecular weight is 383 g/mol. The fourth-order valence-corrected chi connectivity index (χ4v) is 3.21. The maximum Gasteiger partial charge on any atom is 0.411 e. The third-order valence-corrected chi connectivity index (χ3v) is 4.48. The third-order valence-electron chi connectivity index (χ3n) is 2.97. The number of hydrogen-bond donors (Lipinski definition) is 2. The Kier molecular flexibility index (Phi) is 6.36. The van der Waals surface area contributed by atoms with Crippen LogP contribution in [-0.2, 0) is 14.3 Å². The number of amides is 2. The molecule has 2 N–H and O–H groups in total. The lowest BCUT2D eigenvalue weighted by molar-refractivity contribution is -0.173. The van der Waals surface area contributed by atoms with Gasteiger partial charge in [0.05, 0.1) is 17.5 Å². The van der Waals surface area contributed by atoms with Crippen molar-refractivity contribution >= 4 is 40.9 Å². The van der Waals surface area contributed by atoms with Crippen LogP contribution < -0.4 is 10.6 Å². The van der Waals surface area contributed by atoms with Gasteiger partial charge in [-0.1, -0.05) is 11.6 Å². The normalized spacial score (nSPS) is 17.2. The van der Waals surface area contributed by atoms with Crippen molar-refractivity contribution in [2.24, 2.45) is 0 Å². The predicted molar refractivity (Wildman–Crippen MR) is 84.2 cm³/mol. The molecule has 10 heteroatoms. The van der Waals surface area contributed by atoms with Crippen LogP contribution in [0.5, 0.6) is 0 Å². The van der Waals surface area contributed by atoms with Crippen LogP contribution in [0.2, 0.25) is 5.02 Å². The van der Waals surface area contributed by atoms with Crippen LogP contribution in [0, 0.1) is 0 Å². The van der Waals surface area contributed by atoms with Crippen LogP contribution in [0.3, 0.4) is 0 Å². The lowest BCUT2D eigenvalue weighted by Crippen LogP contribution is -2.36. The van der Waals surface area contributed by atoms with Crippen molar-refractivity contribution < 1.29 is 27.5 Å². The summed E-state index contributed by atoms with van der Waals surface area (Å²) in [5.41, 5.74) is 0.592. The highest BCUT2D eigenvalue weighted by atomic mass is 35.5. The minimum atomic E-state index is -4.39. The Bertz CT molecular complexity index is 628. The molecule has 132 valence electrons. The van der Waals surface area contributed by atoms with E-state index in [2.05, 4.69) is 15.4 Å². The summed E-state index contributed by atoms with van der Waals surface area (Å²) in [4.78, 5) is 24.6. The Morgan fingerprint density at radius 1 is 1.42 bits per heavy atom. The van der Waals surface area contributed by atoms with E-state index < -0.39 is 23.9 Å². The summed E-state index contributed by atoms with van der Waals surface area (Å²) in [5, 5.41) is 4.97. The van der Waals surface area contributed by atoms with Gasteiger partial charge in [-0.3, -0.25) is 9.59 Å². The lowest BCUT2D eigenvalue weighted by atomic mass is 10.2. The van der Waals surface area contributed by atoms with Crippen LogP contribution in [0.1, 0.15) is 6.42 Å². The summed E-state index contributed by atoms with van der Waals surface area (Å²) in [7, 11) is 0. The quantitative estimate of drug-likeness (QED) is 0.742. The van der Waals surface area contributed by atoms with Crippen LogP contribution in [0.4, 0.5) is 18.9 Å². The Hall–Kier alpha value is -1.45. The van der Waals surface area contributed by atoms with E-state index in [1.807, 2.05) is 0 Å². The van der Waals surface area contributed by atoms with Gasteiger partial charge in [0.25, 0.3) is 0 Å². The number of carbonyl (C=O) groups excluding carboxylic acids is 2. The van der Waals surface area contributed by atoms with E-state index in [4.69, 9.17) is 11.6 Å². The van der Waals surface area contributed by atoms with Gasteiger partial charge < -0.3 is 15.4 Å². The molecule has 1 unspecified atom stereocenters. The van der Waals surface area contributed by atoms with Crippen molar-refractivity contribution in [1.29, 1.82) is 0 Å². The molecule has 1 aliphatic heterocycles. The van der Waals surface area contributed by atoms with Crippen molar-refractivity contribution in [2.75, 3.05) is 25.1 Å². The first kappa shape index (κ1) is 18.9.